The quantitative estimate of drug-likeness (QED) is 0.754. The van der Waals surface area contributed by atoms with Crippen molar-refractivity contribution in [1.29, 1.82) is 0 Å². The first-order valence-corrected chi connectivity index (χ1v) is 7.43. The van der Waals surface area contributed by atoms with E-state index >= 15 is 0 Å². The predicted molar refractivity (Wildman–Crippen MR) is 73.0 cm³/mol. The largest absolute Gasteiger partial charge is 0.339 e. The molecule has 0 saturated carbocycles. The van der Waals surface area contributed by atoms with Gasteiger partial charge in [-0.05, 0) is 43.6 Å². The lowest BCUT2D eigenvalue weighted by Crippen LogP contribution is -2.40. The first-order chi connectivity index (χ1) is 8.09. The molecule has 94 valence electrons. The molecule has 0 aliphatic carbocycles. The Morgan fingerprint density at radius 1 is 1.47 bits per heavy atom. The lowest BCUT2D eigenvalue weighted by molar-refractivity contribution is 0.0690. The highest BCUT2D eigenvalue weighted by molar-refractivity contribution is 7.08. The monoisotopic (exact) mass is 271 g/mol. The third kappa shape index (κ3) is 2.83. The number of halogens is 1. The first-order valence-electron chi connectivity index (χ1n) is 6.05. The van der Waals surface area contributed by atoms with Crippen LogP contribution in [0.25, 0.3) is 0 Å². The van der Waals surface area contributed by atoms with Gasteiger partial charge in [0.25, 0.3) is 5.91 Å². The van der Waals surface area contributed by atoms with Crippen LogP contribution in [0.4, 0.5) is 0 Å². The van der Waals surface area contributed by atoms with Gasteiger partial charge in [0.2, 0.25) is 0 Å². The van der Waals surface area contributed by atoms with Crippen LogP contribution in [0, 0.1) is 12.8 Å². The van der Waals surface area contributed by atoms with E-state index in [9.17, 15) is 4.79 Å². The molecule has 1 aromatic rings. The molecule has 4 heteroatoms. The molecule has 2 nitrogen and oxygen atoms in total. The van der Waals surface area contributed by atoms with Crippen LogP contribution >= 0.6 is 22.9 Å². The third-order valence-electron chi connectivity index (χ3n) is 3.56. The zero-order chi connectivity index (χ0) is 12.4. The number of carbonyl (C=O) groups excluding carboxylic acids is 1. The summed E-state index contributed by atoms with van der Waals surface area (Å²) in [5, 5.41) is 4.20. The van der Waals surface area contributed by atoms with Crippen LogP contribution < -0.4 is 0 Å². The summed E-state index contributed by atoms with van der Waals surface area (Å²) in [6, 6.07) is 0. The van der Waals surface area contributed by atoms with Crippen LogP contribution in [0.1, 0.15) is 35.7 Å². The summed E-state index contributed by atoms with van der Waals surface area (Å²) in [7, 11) is 0. The van der Waals surface area contributed by atoms with Gasteiger partial charge in [0.1, 0.15) is 0 Å². The van der Waals surface area contributed by atoms with E-state index < -0.39 is 0 Å². The molecule has 1 aromatic heterocycles. The third-order valence-corrected chi connectivity index (χ3v) is 4.78. The van der Waals surface area contributed by atoms with Crippen molar-refractivity contribution in [3.8, 4) is 0 Å². The number of rotatable bonds is 2. The second-order valence-electron chi connectivity index (χ2n) is 4.78. The van der Waals surface area contributed by atoms with Crippen LogP contribution in [0.2, 0.25) is 0 Å². The van der Waals surface area contributed by atoms with Gasteiger partial charge < -0.3 is 4.90 Å². The van der Waals surface area contributed by atoms with Crippen molar-refractivity contribution in [2.75, 3.05) is 13.1 Å². The van der Waals surface area contributed by atoms with Gasteiger partial charge in [-0.3, -0.25) is 4.79 Å². The molecular formula is C13H18ClNOS. The number of carbonyl (C=O) groups is 1. The summed E-state index contributed by atoms with van der Waals surface area (Å²) in [4.78, 5) is 14.2. The van der Waals surface area contributed by atoms with E-state index in [1.54, 1.807) is 11.3 Å². The number of hydrogen-bond donors (Lipinski definition) is 0. The smallest absolute Gasteiger partial charge is 0.254 e. The van der Waals surface area contributed by atoms with Crippen molar-refractivity contribution < 1.29 is 4.79 Å². The van der Waals surface area contributed by atoms with Crippen LogP contribution in [0.5, 0.6) is 0 Å². The molecule has 2 rings (SSSR count). The summed E-state index contributed by atoms with van der Waals surface area (Å²) >= 11 is 7.70. The summed E-state index contributed by atoms with van der Waals surface area (Å²) < 4.78 is 0. The van der Waals surface area contributed by atoms with Crippen LogP contribution in [0.3, 0.4) is 0 Å². The van der Waals surface area contributed by atoms with E-state index in [2.05, 4.69) is 0 Å². The predicted octanol–water partition coefficient (Wildman–Crippen LogP) is 3.54. The Labute approximate surface area is 112 Å². The average Bonchev–Trinajstić information content (AvgIpc) is 2.74. The van der Waals surface area contributed by atoms with Gasteiger partial charge >= 0.3 is 0 Å². The molecule has 0 aromatic carbocycles. The molecular weight excluding hydrogens is 254 g/mol. The van der Waals surface area contributed by atoms with Gasteiger partial charge in [-0.15, -0.1) is 11.6 Å². The number of thiophene rings is 1. The Morgan fingerprint density at radius 2 is 2.12 bits per heavy atom. The molecule has 17 heavy (non-hydrogen) atoms. The average molecular weight is 272 g/mol. The van der Waals surface area contributed by atoms with Crippen molar-refractivity contribution in [1.82, 2.24) is 4.90 Å². The maximum Gasteiger partial charge on any atom is 0.254 e. The number of aryl methyl sites for hydroxylation is 1. The van der Waals surface area contributed by atoms with Crippen molar-refractivity contribution in [2.24, 2.45) is 5.92 Å². The Hall–Kier alpha value is -0.540. The summed E-state index contributed by atoms with van der Waals surface area (Å²) in [5.74, 6) is 0.744. The summed E-state index contributed by atoms with van der Waals surface area (Å²) in [5.41, 5.74) is 1.96. The highest BCUT2D eigenvalue weighted by Crippen LogP contribution is 2.25. The van der Waals surface area contributed by atoms with Gasteiger partial charge in [0.05, 0.1) is 5.56 Å². The fourth-order valence-corrected chi connectivity index (χ4v) is 3.39. The van der Waals surface area contributed by atoms with Crippen molar-refractivity contribution in [2.45, 2.75) is 32.1 Å². The molecule has 1 amide bonds. The molecule has 0 N–H and O–H groups in total. The van der Waals surface area contributed by atoms with Crippen molar-refractivity contribution in [3.05, 3.63) is 21.9 Å². The highest BCUT2D eigenvalue weighted by atomic mass is 35.5. The molecule has 1 aliphatic rings. The van der Waals surface area contributed by atoms with Crippen LogP contribution in [-0.2, 0) is 0 Å². The number of nitrogens with zero attached hydrogens (tertiary/aromatic N) is 1. The van der Waals surface area contributed by atoms with Gasteiger partial charge in [-0.2, -0.15) is 11.3 Å². The lowest BCUT2D eigenvalue weighted by Gasteiger charge is -2.33. The maximum atomic E-state index is 12.3. The molecule has 1 aliphatic heterocycles. The van der Waals surface area contributed by atoms with Gasteiger partial charge in [0, 0.05) is 23.8 Å². The summed E-state index contributed by atoms with van der Waals surface area (Å²) in [6.07, 6.45) is 2.05. The fraction of sp³-hybridized carbons (Fsp3) is 0.615. The molecule has 2 heterocycles. The number of likely N-dealkylation sites (tertiary alicyclic amines) is 1. The van der Waals surface area contributed by atoms with Gasteiger partial charge in [-0.1, -0.05) is 0 Å². The van der Waals surface area contributed by atoms with Gasteiger partial charge in [0.15, 0.2) is 0 Å². The van der Waals surface area contributed by atoms with E-state index in [1.807, 2.05) is 29.5 Å². The lowest BCUT2D eigenvalue weighted by atomic mass is 9.93. The van der Waals surface area contributed by atoms with E-state index in [0.717, 1.165) is 37.1 Å². The standard InChI is InChI=1S/C13H18ClNOS/c1-9-7-17-8-12(9)13(16)15-5-3-11(4-6-15)10(2)14/h7-8,10-11H,3-6H2,1-2H3. The topological polar surface area (TPSA) is 20.3 Å². The second kappa shape index (κ2) is 5.40. The number of hydrogen-bond acceptors (Lipinski definition) is 2. The van der Waals surface area contributed by atoms with Crippen LogP contribution in [0.15, 0.2) is 10.8 Å². The Bertz CT molecular complexity index is 394. The minimum absolute atomic E-state index is 0.185. The number of alkyl halides is 1. The molecule has 1 saturated heterocycles. The number of amides is 1. The first kappa shape index (κ1) is 12.9. The molecule has 1 atom stereocenters. The molecule has 1 unspecified atom stereocenters. The Kier molecular flexibility index (Phi) is 4.10. The molecule has 0 radical (unpaired) electrons. The molecule has 0 spiro atoms. The van der Waals surface area contributed by atoms with Crippen molar-refractivity contribution in [3.63, 3.8) is 0 Å². The van der Waals surface area contributed by atoms with E-state index in [4.69, 9.17) is 11.6 Å². The SMILES string of the molecule is Cc1cscc1C(=O)N1CCC(C(C)Cl)CC1. The van der Waals surface area contributed by atoms with E-state index in [-0.39, 0.29) is 11.3 Å². The Balaban J connectivity index is 1.98. The number of piperidine rings is 1. The molecule has 0 bridgehead atoms. The van der Waals surface area contributed by atoms with E-state index in [0.29, 0.717) is 5.92 Å². The normalized spacial score (nSPS) is 19.4. The summed E-state index contributed by atoms with van der Waals surface area (Å²) in [6.45, 7) is 5.73. The fourth-order valence-electron chi connectivity index (χ4n) is 2.31. The zero-order valence-corrected chi connectivity index (χ0v) is 11.9. The van der Waals surface area contributed by atoms with Gasteiger partial charge in [-0.25, -0.2) is 0 Å². The van der Waals surface area contributed by atoms with E-state index in [1.165, 1.54) is 0 Å². The Morgan fingerprint density at radius 3 is 2.59 bits per heavy atom. The van der Waals surface area contributed by atoms with Crippen LogP contribution in [-0.4, -0.2) is 29.3 Å². The highest BCUT2D eigenvalue weighted by Gasteiger charge is 2.26. The second-order valence-corrected chi connectivity index (χ2v) is 6.21. The minimum atomic E-state index is 0.185. The maximum absolute atomic E-state index is 12.3. The molecule has 1 fully saturated rings. The zero-order valence-electron chi connectivity index (χ0n) is 10.3. The van der Waals surface area contributed by atoms with Crippen molar-refractivity contribution >= 4 is 28.8 Å². The minimum Gasteiger partial charge on any atom is -0.339 e.